The summed E-state index contributed by atoms with van der Waals surface area (Å²) in [7, 11) is 1.63. The maximum absolute atomic E-state index is 12.6. The van der Waals surface area contributed by atoms with E-state index in [2.05, 4.69) is 10.3 Å². The third-order valence-electron chi connectivity index (χ3n) is 3.72. The first kappa shape index (κ1) is 15.5. The number of ether oxygens (including phenoxy) is 1. The van der Waals surface area contributed by atoms with Crippen LogP contribution in [0.15, 0.2) is 30.3 Å². The summed E-state index contributed by atoms with van der Waals surface area (Å²) in [6.45, 7) is 5.94. The van der Waals surface area contributed by atoms with Crippen molar-refractivity contribution in [2.45, 2.75) is 20.8 Å². The van der Waals surface area contributed by atoms with Crippen molar-refractivity contribution >= 4 is 32.6 Å². The van der Waals surface area contributed by atoms with Gasteiger partial charge in [-0.2, -0.15) is 0 Å². The van der Waals surface area contributed by atoms with Gasteiger partial charge in [0.25, 0.3) is 5.91 Å². The normalized spacial score (nSPS) is 10.8. The maximum Gasteiger partial charge on any atom is 0.257 e. The molecule has 23 heavy (non-hydrogen) atoms. The quantitative estimate of drug-likeness (QED) is 0.772. The number of amides is 1. The molecule has 3 aromatic rings. The van der Waals surface area contributed by atoms with Gasteiger partial charge in [0, 0.05) is 5.56 Å². The summed E-state index contributed by atoms with van der Waals surface area (Å²) in [4.78, 5) is 17.1. The summed E-state index contributed by atoms with van der Waals surface area (Å²) in [5.41, 5.74) is 4.67. The fourth-order valence-electron chi connectivity index (χ4n) is 2.78. The molecule has 0 atom stereocenters. The molecule has 0 bridgehead atoms. The third-order valence-corrected chi connectivity index (χ3v) is 4.65. The number of anilines is 1. The predicted molar refractivity (Wildman–Crippen MR) is 94.8 cm³/mol. The van der Waals surface area contributed by atoms with Crippen LogP contribution in [-0.4, -0.2) is 18.0 Å². The summed E-state index contributed by atoms with van der Waals surface area (Å²) >= 11 is 1.44. The monoisotopic (exact) mass is 326 g/mol. The number of carbonyl (C=O) groups is 1. The van der Waals surface area contributed by atoms with E-state index >= 15 is 0 Å². The van der Waals surface area contributed by atoms with Crippen LogP contribution in [0.1, 0.15) is 27.0 Å². The summed E-state index contributed by atoms with van der Waals surface area (Å²) in [5.74, 6) is 0.662. The van der Waals surface area contributed by atoms with Crippen molar-refractivity contribution in [2.75, 3.05) is 12.4 Å². The van der Waals surface area contributed by atoms with E-state index in [-0.39, 0.29) is 5.91 Å². The molecule has 118 valence electrons. The van der Waals surface area contributed by atoms with Gasteiger partial charge in [-0.3, -0.25) is 10.1 Å². The largest absolute Gasteiger partial charge is 0.497 e. The minimum atomic E-state index is -0.119. The zero-order chi connectivity index (χ0) is 16.6. The molecule has 5 heteroatoms. The van der Waals surface area contributed by atoms with Gasteiger partial charge in [-0.25, -0.2) is 4.98 Å². The highest BCUT2D eigenvalue weighted by atomic mass is 32.1. The minimum absolute atomic E-state index is 0.119. The summed E-state index contributed by atoms with van der Waals surface area (Å²) in [6, 6.07) is 9.71. The number of hydrogen-bond acceptors (Lipinski definition) is 4. The first-order chi connectivity index (χ1) is 11.0. The van der Waals surface area contributed by atoms with Crippen LogP contribution >= 0.6 is 11.3 Å². The average Bonchev–Trinajstić information content (AvgIpc) is 2.86. The lowest BCUT2D eigenvalue weighted by Gasteiger charge is -2.10. The van der Waals surface area contributed by atoms with Gasteiger partial charge in [0.1, 0.15) is 5.75 Å². The van der Waals surface area contributed by atoms with Gasteiger partial charge < -0.3 is 4.74 Å². The number of aromatic nitrogens is 1. The van der Waals surface area contributed by atoms with Crippen LogP contribution in [0.5, 0.6) is 5.75 Å². The highest BCUT2D eigenvalue weighted by Gasteiger charge is 2.15. The van der Waals surface area contributed by atoms with Gasteiger partial charge in [-0.1, -0.05) is 29.0 Å². The van der Waals surface area contributed by atoms with Crippen molar-refractivity contribution in [3.63, 3.8) is 0 Å². The molecule has 3 rings (SSSR count). The zero-order valence-corrected chi connectivity index (χ0v) is 14.4. The molecule has 0 saturated carbocycles. The molecule has 2 aromatic carbocycles. The first-order valence-corrected chi connectivity index (χ1v) is 8.13. The molecule has 0 aliphatic heterocycles. The lowest BCUT2D eigenvalue weighted by molar-refractivity contribution is 0.102. The second-order valence-electron chi connectivity index (χ2n) is 5.58. The number of aryl methyl sites for hydroxylation is 3. The number of methoxy groups -OCH3 is 1. The number of benzene rings is 2. The molecule has 0 radical (unpaired) electrons. The Morgan fingerprint density at radius 3 is 2.48 bits per heavy atom. The van der Waals surface area contributed by atoms with Crippen molar-refractivity contribution in [1.82, 2.24) is 4.98 Å². The van der Waals surface area contributed by atoms with Crippen molar-refractivity contribution < 1.29 is 9.53 Å². The van der Waals surface area contributed by atoms with E-state index in [0.29, 0.717) is 10.7 Å². The van der Waals surface area contributed by atoms with Gasteiger partial charge in [0.2, 0.25) is 0 Å². The van der Waals surface area contributed by atoms with E-state index in [1.807, 2.05) is 51.1 Å². The fraction of sp³-hybridized carbons (Fsp3) is 0.222. The van der Waals surface area contributed by atoms with Crippen molar-refractivity contribution in [3.05, 3.63) is 52.6 Å². The number of nitrogens with one attached hydrogen (secondary N) is 1. The minimum Gasteiger partial charge on any atom is -0.497 e. The molecule has 4 nitrogen and oxygen atoms in total. The molecule has 1 amide bonds. The van der Waals surface area contributed by atoms with E-state index < -0.39 is 0 Å². The molecular weight excluding hydrogens is 308 g/mol. The van der Waals surface area contributed by atoms with Crippen LogP contribution in [0.2, 0.25) is 0 Å². The number of hydrogen-bond donors (Lipinski definition) is 1. The molecule has 0 spiro atoms. The molecule has 1 heterocycles. The molecular formula is C18H18N2O2S. The molecule has 0 aliphatic rings. The van der Waals surface area contributed by atoms with Crippen LogP contribution in [0.3, 0.4) is 0 Å². The second-order valence-corrected chi connectivity index (χ2v) is 6.61. The van der Waals surface area contributed by atoms with Crippen LogP contribution in [0.25, 0.3) is 10.2 Å². The van der Waals surface area contributed by atoms with Crippen LogP contribution in [-0.2, 0) is 0 Å². The predicted octanol–water partition coefficient (Wildman–Crippen LogP) is 4.48. The number of carbonyl (C=O) groups excluding carboxylic acids is 1. The Balaban J connectivity index is 1.91. The molecule has 1 aromatic heterocycles. The smallest absolute Gasteiger partial charge is 0.257 e. The van der Waals surface area contributed by atoms with Crippen molar-refractivity contribution in [3.8, 4) is 5.75 Å². The Hall–Kier alpha value is -2.40. The zero-order valence-electron chi connectivity index (χ0n) is 13.6. The van der Waals surface area contributed by atoms with Gasteiger partial charge in [0.15, 0.2) is 5.13 Å². The lowest BCUT2D eigenvalue weighted by Crippen LogP contribution is -2.15. The number of rotatable bonds is 3. The molecule has 0 aliphatic carbocycles. The summed E-state index contributed by atoms with van der Waals surface area (Å²) in [5, 5.41) is 3.51. The highest BCUT2D eigenvalue weighted by Crippen LogP contribution is 2.29. The van der Waals surface area contributed by atoms with Crippen LogP contribution < -0.4 is 10.1 Å². The maximum atomic E-state index is 12.6. The Bertz CT molecular complexity index is 876. The average molecular weight is 326 g/mol. The standard InChI is InChI=1S/C18H18N2O2S/c1-10-7-11(2)16(12(3)8-10)17(21)20-18-19-14-6-5-13(22-4)9-15(14)23-18/h5-9H,1-4H3,(H,19,20,21). The molecule has 0 fully saturated rings. The van der Waals surface area contributed by atoms with E-state index in [0.717, 1.165) is 32.7 Å². The van der Waals surface area contributed by atoms with Gasteiger partial charge in [0.05, 0.1) is 17.3 Å². The number of nitrogens with zero attached hydrogens (tertiary/aromatic N) is 1. The molecule has 0 unspecified atom stereocenters. The Morgan fingerprint density at radius 1 is 1.13 bits per heavy atom. The van der Waals surface area contributed by atoms with E-state index in [9.17, 15) is 4.79 Å². The van der Waals surface area contributed by atoms with Crippen molar-refractivity contribution in [2.24, 2.45) is 0 Å². The van der Waals surface area contributed by atoms with Gasteiger partial charge in [-0.15, -0.1) is 0 Å². The topological polar surface area (TPSA) is 51.2 Å². The Morgan fingerprint density at radius 2 is 1.83 bits per heavy atom. The van der Waals surface area contributed by atoms with E-state index in [1.54, 1.807) is 7.11 Å². The number of thiazole rings is 1. The first-order valence-electron chi connectivity index (χ1n) is 7.31. The third kappa shape index (κ3) is 3.05. The van der Waals surface area contributed by atoms with Crippen molar-refractivity contribution in [1.29, 1.82) is 0 Å². The summed E-state index contributed by atoms with van der Waals surface area (Å²) in [6.07, 6.45) is 0. The van der Waals surface area contributed by atoms with E-state index in [1.165, 1.54) is 11.3 Å². The summed E-state index contributed by atoms with van der Waals surface area (Å²) < 4.78 is 6.20. The van der Waals surface area contributed by atoms with Crippen LogP contribution in [0, 0.1) is 20.8 Å². The van der Waals surface area contributed by atoms with Gasteiger partial charge >= 0.3 is 0 Å². The highest BCUT2D eigenvalue weighted by molar-refractivity contribution is 7.22. The second kappa shape index (κ2) is 6.01. The van der Waals surface area contributed by atoms with Crippen LogP contribution in [0.4, 0.5) is 5.13 Å². The fourth-order valence-corrected chi connectivity index (χ4v) is 3.67. The van der Waals surface area contributed by atoms with E-state index in [4.69, 9.17) is 4.74 Å². The SMILES string of the molecule is COc1ccc2nc(NC(=O)c3c(C)cc(C)cc3C)sc2c1. The number of fused-ring (bicyclic) bond motifs is 1. The Labute approximate surface area is 139 Å². The molecule has 0 saturated heterocycles. The lowest BCUT2D eigenvalue weighted by atomic mass is 9.99. The Kier molecular flexibility index (Phi) is 4.05. The molecule has 1 N–H and O–H groups in total. The van der Waals surface area contributed by atoms with Gasteiger partial charge in [-0.05, 0) is 50.1 Å².